The molecule has 140 valence electrons. The molecule has 0 fully saturated rings. The van der Waals surface area contributed by atoms with Crippen molar-refractivity contribution >= 4 is 29.5 Å². The molecule has 0 aliphatic heterocycles. The number of esters is 1. The lowest BCUT2D eigenvalue weighted by molar-refractivity contribution is -0.148. The van der Waals surface area contributed by atoms with Crippen molar-refractivity contribution in [3.8, 4) is 0 Å². The highest BCUT2D eigenvalue weighted by molar-refractivity contribution is 5.97. The molecule has 2 amide bonds. The first-order chi connectivity index (χ1) is 12.8. The van der Waals surface area contributed by atoms with E-state index in [1.807, 2.05) is 0 Å². The van der Waals surface area contributed by atoms with E-state index in [0.29, 0.717) is 22.4 Å². The van der Waals surface area contributed by atoms with Crippen LogP contribution in [0.4, 0.5) is 10.1 Å². The highest BCUT2D eigenvalue weighted by atomic mass is 19.1. The van der Waals surface area contributed by atoms with Crippen LogP contribution in [0, 0.1) is 12.7 Å². The molecular weight excluding hydrogens is 351 g/mol. The maximum atomic E-state index is 13.2. The topological polar surface area (TPSA) is 98.5 Å². The molecule has 1 unspecified atom stereocenters. The zero-order valence-corrected chi connectivity index (χ0v) is 14.9. The van der Waals surface area contributed by atoms with Crippen molar-refractivity contribution in [2.24, 2.45) is 5.73 Å². The molecule has 1 atom stereocenters. The van der Waals surface area contributed by atoms with E-state index in [4.69, 9.17) is 10.5 Å². The van der Waals surface area contributed by atoms with Gasteiger partial charge in [-0.3, -0.25) is 9.59 Å². The van der Waals surface area contributed by atoms with Crippen LogP contribution in [0.25, 0.3) is 6.08 Å². The van der Waals surface area contributed by atoms with Crippen LogP contribution >= 0.6 is 0 Å². The van der Waals surface area contributed by atoms with Crippen LogP contribution in [0.5, 0.6) is 0 Å². The first kappa shape index (κ1) is 19.8. The Morgan fingerprint density at radius 3 is 2.41 bits per heavy atom. The fourth-order valence-corrected chi connectivity index (χ4v) is 2.16. The predicted molar refractivity (Wildman–Crippen MR) is 99.3 cm³/mol. The van der Waals surface area contributed by atoms with Crippen LogP contribution in [0.1, 0.15) is 28.4 Å². The number of rotatable bonds is 6. The van der Waals surface area contributed by atoms with Crippen molar-refractivity contribution in [3.05, 3.63) is 71.0 Å². The molecule has 0 saturated carbocycles. The van der Waals surface area contributed by atoms with E-state index in [9.17, 15) is 18.8 Å². The Balaban J connectivity index is 1.90. The van der Waals surface area contributed by atoms with E-state index in [-0.39, 0.29) is 5.82 Å². The Kier molecular flexibility index (Phi) is 6.43. The second kappa shape index (κ2) is 8.75. The lowest BCUT2D eigenvalue weighted by Gasteiger charge is -2.12. The number of nitrogens with two attached hydrogens (primary N) is 1. The molecule has 27 heavy (non-hydrogen) atoms. The Morgan fingerprint density at radius 1 is 1.15 bits per heavy atom. The summed E-state index contributed by atoms with van der Waals surface area (Å²) in [6, 6.07) is 10.4. The molecule has 0 radical (unpaired) electrons. The van der Waals surface area contributed by atoms with Crippen molar-refractivity contribution in [1.29, 1.82) is 0 Å². The van der Waals surface area contributed by atoms with E-state index in [0.717, 1.165) is 6.08 Å². The number of primary amides is 1. The third-order valence-electron chi connectivity index (χ3n) is 3.69. The van der Waals surface area contributed by atoms with E-state index in [1.165, 1.54) is 49.4 Å². The van der Waals surface area contributed by atoms with Crippen LogP contribution in [0.2, 0.25) is 0 Å². The van der Waals surface area contributed by atoms with Crippen molar-refractivity contribution < 1.29 is 23.5 Å². The number of anilines is 1. The predicted octanol–water partition coefficient (Wildman–Crippen LogP) is 2.82. The SMILES string of the molecule is Cc1cc(/C=C/C(=O)OC(C)C(=O)Nc2ccc(C(N)=O)cc2)ccc1F. The largest absolute Gasteiger partial charge is 0.449 e. The van der Waals surface area contributed by atoms with Gasteiger partial charge in [0.15, 0.2) is 6.10 Å². The molecule has 3 N–H and O–H groups in total. The van der Waals surface area contributed by atoms with Gasteiger partial charge in [-0.1, -0.05) is 6.07 Å². The van der Waals surface area contributed by atoms with Crippen molar-refractivity contribution in [2.75, 3.05) is 5.32 Å². The summed E-state index contributed by atoms with van der Waals surface area (Å²) in [4.78, 5) is 34.9. The van der Waals surface area contributed by atoms with Crippen LogP contribution in [-0.2, 0) is 14.3 Å². The summed E-state index contributed by atoms with van der Waals surface area (Å²) < 4.78 is 18.3. The van der Waals surface area contributed by atoms with Crippen molar-refractivity contribution in [3.63, 3.8) is 0 Å². The van der Waals surface area contributed by atoms with Crippen LogP contribution in [0.15, 0.2) is 48.5 Å². The van der Waals surface area contributed by atoms with Gasteiger partial charge in [-0.2, -0.15) is 0 Å². The number of amides is 2. The number of nitrogens with one attached hydrogen (secondary N) is 1. The summed E-state index contributed by atoms with van der Waals surface area (Å²) in [5.74, 6) is -2.13. The molecule has 2 aromatic rings. The average molecular weight is 370 g/mol. The highest BCUT2D eigenvalue weighted by Crippen LogP contribution is 2.12. The number of carbonyl (C=O) groups excluding carboxylic acids is 3. The van der Waals surface area contributed by atoms with E-state index in [1.54, 1.807) is 13.0 Å². The summed E-state index contributed by atoms with van der Waals surface area (Å²) in [7, 11) is 0. The van der Waals surface area contributed by atoms with Gasteiger partial charge in [0.1, 0.15) is 5.82 Å². The van der Waals surface area contributed by atoms with Crippen LogP contribution in [-0.4, -0.2) is 23.9 Å². The van der Waals surface area contributed by atoms with Gasteiger partial charge < -0.3 is 15.8 Å². The molecule has 0 heterocycles. The van der Waals surface area contributed by atoms with E-state index >= 15 is 0 Å². The fourth-order valence-electron chi connectivity index (χ4n) is 2.16. The quantitative estimate of drug-likeness (QED) is 0.603. The van der Waals surface area contributed by atoms with Crippen LogP contribution in [0.3, 0.4) is 0 Å². The van der Waals surface area contributed by atoms with E-state index < -0.39 is 23.9 Å². The number of ether oxygens (including phenoxy) is 1. The Labute approximate surface area is 155 Å². The van der Waals surface area contributed by atoms with Crippen molar-refractivity contribution in [2.45, 2.75) is 20.0 Å². The number of hydrogen-bond donors (Lipinski definition) is 2. The summed E-state index contributed by atoms with van der Waals surface area (Å²) in [6.07, 6.45) is 1.60. The minimum absolute atomic E-state index is 0.314. The standard InChI is InChI=1S/C20H19FN2O4/c1-12-11-14(3-9-17(12)21)4-10-18(24)27-13(2)20(26)23-16-7-5-15(6-8-16)19(22)25/h3-11,13H,1-2H3,(H2,22,25)(H,23,26)/b10-4+. The third-order valence-corrected chi connectivity index (χ3v) is 3.69. The number of halogens is 1. The number of benzene rings is 2. The van der Waals surface area contributed by atoms with Gasteiger partial charge >= 0.3 is 5.97 Å². The van der Waals surface area contributed by atoms with Crippen molar-refractivity contribution in [1.82, 2.24) is 0 Å². The zero-order valence-electron chi connectivity index (χ0n) is 14.9. The number of aryl methyl sites for hydroxylation is 1. The highest BCUT2D eigenvalue weighted by Gasteiger charge is 2.16. The lowest BCUT2D eigenvalue weighted by atomic mass is 10.1. The third kappa shape index (κ3) is 5.78. The van der Waals surface area contributed by atoms with Gasteiger partial charge in [-0.05, 0) is 67.4 Å². The molecule has 6 nitrogen and oxygen atoms in total. The minimum atomic E-state index is -1.03. The monoisotopic (exact) mass is 370 g/mol. The molecule has 7 heteroatoms. The van der Waals surface area contributed by atoms with Gasteiger partial charge in [0, 0.05) is 17.3 Å². The molecule has 0 saturated heterocycles. The molecule has 0 bridgehead atoms. The molecule has 0 aliphatic rings. The van der Waals surface area contributed by atoms with Gasteiger partial charge in [0.05, 0.1) is 0 Å². The van der Waals surface area contributed by atoms with E-state index in [2.05, 4.69) is 5.32 Å². The smallest absolute Gasteiger partial charge is 0.331 e. The first-order valence-corrected chi connectivity index (χ1v) is 8.12. The maximum absolute atomic E-state index is 13.2. The van der Waals surface area contributed by atoms with Crippen LogP contribution < -0.4 is 11.1 Å². The Bertz CT molecular complexity index is 891. The summed E-state index contributed by atoms with van der Waals surface area (Å²) in [6.45, 7) is 3.05. The molecule has 2 aromatic carbocycles. The number of carbonyl (C=O) groups is 3. The summed E-state index contributed by atoms with van der Waals surface area (Å²) in [5.41, 5.74) is 6.99. The van der Waals surface area contributed by atoms with Gasteiger partial charge in [0.25, 0.3) is 5.91 Å². The Morgan fingerprint density at radius 2 is 1.81 bits per heavy atom. The molecule has 0 aliphatic carbocycles. The van der Waals surface area contributed by atoms with Gasteiger partial charge in [-0.15, -0.1) is 0 Å². The second-order valence-corrected chi connectivity index (χ2v) is 5.85. The fraction of sp³-hybridized carbons (Fsp3) is 0.150. The number of hydrogen-bond acceptors (Lipinski definition) is 4. The molecule has 2 rings (SSSR count). The van der Waals surface area contributed by atoms with Gasteiger partial charge in [0.2, 0.25) is 5.91 Å². The Hall–Kier alpha value is -3.48. The molecule has 0 aromatic heterocycles. The lowest BCUT2D eigenvalue weighted by Crippen LogP contribution is -2.29. The zero-order chi connectivity index (χ0) is 20.0. The molecule has 0 spiro atoms. The normalized spacial score (nSPS) is 11.8. The van der Waals surface area contributed by atoms with Gasteiger partial charge in [-0.25, -0.2) is 9.18 Å². The molecular formula is C20H19FN2O4. The second-order valence-electron chi connectivity index (χ2n) is 5.85. The first-order valence-electron chi connectivity index (χ1n) is 8.12. The maximum Gasteiger partial charge on any atom is 0.331 e. The summed E-state index contributed by atoms with van der Waals surface area (Å²) in [5, 5.41) is 2.57. The minimum Gasteiger partial charge on any atom is -0.449 e. The average Bonchev–Trinajstić information content (AvgIpc) is 2.63. The summed E-state index contributed by atoms with van der Waals surface area (Å²) >= 11 is 0.